The standard InChI is InChI=1S/C14H12N4O2/c19-8-2-1-3-11-9-15-5-4-12(11)14(20)18-13-10-16-6-7-17-13/h4-7,9-10,19H,2,8H2,(H,17,18,20). The van der Waals surface area contributed by atoms with Crippen molar-refractivity contribution in [2.45, 2.75) is 6.42 Å². The van der Waals surface area contributed by atoms with Gasteiger partial charge in [-0.1, -0.05) is 11.8 Å². The predicted molar refractivity (Wildman–Crippen MR) is 72.8 cm³/mol. The maximum atomic E-state index is 12.1. The van der Waals surface area contributed by atoms with Crippen LogP contribution in [0.3, 0.4) is 0 Å². The number of aliphatic hydroxyl groups is 1. The average Bonchev–Trinajstić information content (AvgIpc) is 2.49. The van der Waals surface area contributed by atoms with Crippen molar-refractivity contribution in [1.29, 1.82) is 0 Å². The molecule has 2 N–H and O–H groups in total. The number of hydrogen-bond donors (Lipinski definition) is 2. The van der Waals surface area contributed by atoms with Crippen LogP contribution in [0, 0.1) is 11.8 Å². The van der Waals surface area contributed by atoms with E-state index in [2.05, 4.69) is 32.1 Å². The SMILES string of the molecule is O=C(Nc1cnccn1)c1ccncc1C#CCCO. The molecule has 0 aromatic carbocycles. The largest absolute Gasteiger partial charge is 0.395 e. The Bertz CT molecular complexity index is 647. The van der Waals surface area contributed by atoms with Crippen LogP contribution in [0.1, 0.15) is 22.3 Å². The molecule has 2 aromatic heterocycles. The van der Waals surface area contributed by atoms with E-state index in [0.29, 0.717) is 23.4 Å². The first kappa shape index (κ1) is 13.6. The van der Waals surface area contributed by atoms with Gasteiger partial charge in [-0.2, -0.15) is 0 Å². The van der Waals surface area contributed by atoms with E-state index in [1.54, 1.807) is 6.07 Å². The Hall–Kier alpha value is -2.78. The highest BCUT2D eigenvalue weighted by atomic mass is 16.2. The molecule has 100 valence electrons. The Morgan fingerprint density at radius 1 is 1.25 bits per heavy atom. The highest BCUT2D eigenvalue weighted by Crippen LogP contribution is 2.08. The van der Waals surface area contributed by atoms with Gasteiger partial charge in [0.1, 0.15) is 0 Å². The minimum Gasteiger partial charge on any atom is -0.395 e. The molecule has 0 radical (unpaired) electrons. The van der Waals surface area contributed by atoms with E-state index in [1.807, 2.05) is 0 Å². The first-order valence-electron chi connectivity index (χ1n) is 5.92. The van der Waals surface area contributed by atoms with Crippen LogP contribution in [0.5, 0.6) is 0 Å². The molecule has 0 saturated carbocycles. The summed E-state index contributed by atoms with van der Waals surface area (Å²) in [5.41, 5.74) is 0.901. The lowest BCUT2D eigenvalue weighted by molar-refractivity contribution is 0.102. The minimum atomic E-state index is -0.332. The number of anilines is 1. The highest BCUT2D eigenvalue weighted by molar-refractivity contribution is 6.05. The number of rotatable bonds is 3. The Balaban J connectivity index is 2.20. The van der Waals surface area contributed by atoms with Crippen molar-refractivity contribution in [3.8, 4) is 11.8 Å². The number of nitrogens with one attached hydrogen (secondary N) is 1. The topological polar surface area (TPSA) is 88.0 Å². The van der Waals surface area contributed by atoms with Crippen molar-refractivity contribution in [3.63, 3.8) is 0 Å². The van der Waals surface area contributed by atoms with Gasteiger partial charge in [-0.15, -0.1) is 0 Å². The maximum Gasteiger partial charge on any atom is 0.258 e. The molecule has 2 heterocycles. The van der Waals surface area contributed by atoms with Gasteiger partial charge in [0.15, 0.2) is 5.82 Å². The molecule has 2 aromatic rings. The second-order valence-electron chi connectivity index (χ2n) is 3.74. The molecule has 0 bridgehead atoms. The fourth-order valence-corrected chi connectivity index (χ4v) is 1.45. The number of carbonyl (C=O) groups is 1. The third-order valence-electron chi connectivity index (χ3n) is 2.33. The Morgan fingerprint density at radius 3 is 2.85 bits per heavy atom. The molecule has 0 unspecified atom stereocenters. The number of pyridine rings is 1. The molecule has 0 atom stereocenters. The second kappa shape index (κ2) is 6.97. The van der Waals surface area contributed by atoms with Gasteiger partial charge in [-0.3, -0.25) is 14.8 Å². The highest BCUT2D eigenvalue weighted by Gasteiger charge is 2.10. The van der Waals surface area contributed by atoms with E-state index in [9.17, 15) is 4.79 Å². The van der Waals surface area contributed by atoms with Gasteiger partial charge >= 0.3 is 0 Å². The molecule has 6 nitrogen and oxygen atoms in total. The van der Waals surface area contributed by atoms with E-state index in [1.165, 1.54) is 31.0 Å². The van der Waals surface area contributed by atoms with Crippen molar-refractivity contribution in [1.82, 2.24) is 15.0 Å². The van der Waals surface area contributed by atoms with Gasteiger partial charge in [0.25, 0.3) is 5.91 Å². The lowest BCUT2D eigenvalue weighted by Gasteiger charge is -2.05. The number of hydrogen-bond acceptors (Lipinski definition) is 5. The molecule has 0 spiro atoms. The van der Waals surface area contributed by atoms with Crippen LogP contribution in [0.15, 0.2) is 37.1 Å². The lowest BCUT2D eigenvalue weighted by Crippen LogP contribution is -2.14. The first-order valence-corrected chi connectivity index (χ1v) is 5.92. The summed E-state index contributed by atoms with van der Waals surface area (Å²) in [6.07, 6.45) is 7.84. The van der Waals surface area contributed by atoms with E-state index in [4.69, 9.17) is 5.11 Å². The fraction of sp³-hybridized carbons (Fsp3) is 0.143. The fourth-order valence-electron chi connectivity index (χ4n) is 1.45. The third kappa shape index (κ3) is 3.60. The van der Waals surface area contributed by atoms with Crippen molar-refractivity contribution >= 4 is 11.7 Å². The Morgan fingerprint density at radius 2 is 2.10 bits per heavy atom. The lowest BCUT2D eigenvalue weighted by atomic mass is 10.1. The summed E-state index contributed by atoms with van der Waals surface area (Å²) in [7, 11) is 0. The quantitative estimate of drug-likeness (QED) is 0.806. The normalized spacial score (nSPS) is 9.45. The first-order chi connectivity index (χ1) is 9.81. The zero-order valence-corrected chi connectivity index (χ0v) is 10.6. The summed E-state index contributed by atoms with van der Waals surface area (Å²) in [4.78, 5) is 23.9. The maximum absolute atomic E-state index is 12.1. The molecule has 0 saturated heterocycles. The molecule has 0 aliphatic carbocycles. The number of nitrogens with zero attached hydrogens (tertiary/aromatic N) is 3. The number of aliphatic hydroxyl groups excluding tert-OH is 1. The predicted octanol–water partition coefficient (Wildman–Crippen LogP) is 0.858. The van der Waals surface area contributed by atoms with Crippen LogP contribution in [-0.4, -0.2) is 32.6 Å². The average molecular weight is 268 g/mol. The molecule has 1 amide bonds. The van der Waals surface area contributed by atoms with Gasteiger partial charge in [0.2, 0.25) is 0 Å². The van der Waals surface area contributed by atoms with Crippen LogP contribution in [0.25, 0.3) is 0 Å². The smallest absolute Gasteiger partial charge is 0.258 e. The Labute approximate surface area is 115 Å². The molecular formula is C14H12N4O2. The minimum absolute atomic E-state index is 0.0194. The van der Waals surface area contributed by atoms with Crippen LogP contribution in [0.4, 0.5) is 5.82 Å². The molecule has 0 fully saturated rings. The summed E-state index contributed by atoms with van der Waals surface area (Å²) in [5.74, 6) is 5.61. The molecule has 20 heavy (non-hydrogen) atoms. The summed E-state index contributed by atoms with van der Waals surface area (Å²) < 4.78 is 0. The van der Waals surface area contributed by atoms with Crippen LogP contribution in [-0.2, 0) is 0 Å². The Kier molecular flexibility index (Phi) is 4.76. The monoisotopic (exact) mass is 268 g/mol. The molecule has 0 aliphatic heterocycles. The molecular weight excluding hydrogens is 256 g/mol. The van der Waals surface area contributed by atoms with E-state index < -0.39 is 0 Å². The van der Waals surface area contributed by atoms with Crippen molar-refractivity contribution in [2.24, 2.45) is 0 Å². The zero-order chi connectivity index (χ0) is 14.2. The van der Waals surface area contributed by atoms with Crippen LogP contribution in [0.2, 0.25) is 0 Å². The van der Waals surface area contributed by atoms with E-state index >= 15 is 0 Å². The van der Waals surface area contributed by atoms with Gasteiger partial charge in [0, 0.05) is 31.2 Å². The summed E-state index contributed by atoms with van der Waals surface area (Å²) in [6, 6.07) is 1.58. The van der Waals surface area contributed by atoms with Gasteiger partial charge in [-0.25, -0.2) is 4.98 Å². The summed E-state index contributed by atoms with van der Waals surface area (Å²) >= 11 is 0. The molecule has 2 rings (SSSR count). The molecule has 0 aliphatic rings. The van der Waals surface area contributed by atoms with Crippen LogP contribution >= 0.6 is 0 Å². The van der Waals surface area contributed by atoms with Gasteiger partial charge in [-0.05, 0) is 6.07 Å². The summed E-state index contributed by atoms with van der Waals surface area (Å²) in [5, 5.41) is 11.3. The van der Waals surface area contributed by atoms with E-state index in [0.717, 1.165) is 0 Å². The van der Waals surface area contributed by atoms with Gasteiger partial charge < -0.3 is 10.4 Å². The third-order valence-corrected chi connectivity index (χ3v) is 2.33. The van der Waals surface area contributed by atoms with Crippen molar-refractivity contribution in [2.75, 3.05) is 11.9 Å². The van der Waals surface area contributed by atoms with E-state index in [-0.39, 0.29) is 12.5 Å². The van der Waals surface area contributed by atoms with Gasteiger partial charge in [0.05, 0.1) is 23.9 Å². The van der Waals surface area contributed by atoms with Crippen molar-refractivity contribution < 1.29 is 9.90 Å². The molecule has 6 heteroatoms. The number of carbonyl (C=O) groups excluding carboxylic acids is 1. The van der Waals surface area contributed by atoms with Crippen molar-refractivity contribution in [3.05, 3.63) is 48.2 Å². The zero-order valence-electron chi connectivity index (χ0n) is 10.6. The number of aromatic nitrogens is 3. The van der Waals surface area contributed by atoms with Crippen LogP contribution < -0.4 is 5.32 Å². The second-order valence-corrected chi connectivity index (χ2v) is 3.74. The summed E-state index contributed by atoms with van der Waals surface area (Å²) in [6.45, 7) is -0.0194. The number of amides is 1.